The molecule has 1 aliphatic rings. The first-order valence-corrected chi connectivity index (χ1v) is 10.3. The third kappa shape index (κ3) is 4.89. The Labute approximate surface area is 148 Å². The fraction of sp³-hybridized carbons (Fsp3) is 0.368. The number of carbonyl (C=O) groups excluding carboxylic acids is 1. The van der Waals surface area contributed by atoms with E-state index in [1.54, 1.807) is 17.3 Å². The Morgan fingerprint density at radius 3 is 2.44 bits per heavy atom. The van der Waals surface area contributed by atoms with Crippen molar-refractivity contribution in [3.05, 3.63) is 66.0 Å². The van der Waals surface area contributed by atoms with Crippen molar-refractivity contribution in [1.29, 1.82) is 0 Å². The molecule has 0 spiro atoms. The van der Waals surface area contributed by atoms with Gasteiger partial charge in [0.2, 0.25) is 5.91 Å². The van der Waals surface area contributed by atoms with Gasteiger partial charge in [-0.2, -0.15) is 0 Å². The predicted molar refractivity (Wildman–Crippen MR) is 96.6 cm³/mol. The summed E-state index contributed by atoms with van der Waals surface area (Å²) in [4.78, 5) is 18.6. The van der Waals surface area contributed by atoms with Crippen LogP contribution in [0.25, 0.3) is 0 Å². The first kappa shape index (κ1) is 17.6. The van der Waals surface area contributed by atoms with Gasteiger partial charge >= 0.3 is 0 Å². The van der Waals surface area contributed by atoms with E-state index in [9.17, 15) is 13.2 Å². The van der Waals surface area contributed by atoms with Gasteiger partial charge in [0.1, 0.15) is 0 Å². The maximum Gasteiger partial charge on any atom is 0.223 e. The van der Waals surface area contributed by atoms with Crippen LogP contribution in [0, 0.1) is 0 Å². The van der Waals surface area contributed by atoms with Crippen molar-refractivity contribution in [3.8, 4) is 0 Å². The van der Waals surface area contributed by atoms with E-state index in [0.717, 1.165) is 11.1 Å². The lowest BCUT2D eigenvalue weighted by Gasteiger charge is -2.28. The second kappa shape index (κ2) is 7.78. The minimum atomic E-state index is -3.04. The van der Waals surface area contributed by atoms with E-state index in [4.69, 9.17) is 0 Å². The SMILES string of the molecule is O=C(CCc1ccncc1)N(Cc1ccccc1)C1CCS(=O)(=O)C1. The third-order valence-corrected chi connectivity index (χ3v) is 6.29. The quantitative estimate of drug-likeness (QED) is 0.794. The number of hydrogen-bond donors (Lipinski definition) is 0. The van der Waals surface area contributed by atoms with E-state index < -0.39 is 9.84 Å². The van der Waals surface area contributed by atoms with E-state index in [1.165, 1.54) is 0 Å². The molecule has 0 bridgehead atoms. The highest BCUT2D eigenvalue weighted by Gasteiger charge is 2.34. The third-order valence-electron chi connectivity index (χ3n) is 4.54. The maximum atomic E-state index is 12.8. The van der Waals surface area contributed by atoms with E-state index in [0.29, 0.717) is 25.8 Å². The summed E-state index contributed by atoms with van der Waals surface area (Å²) in [6.07, 6.45) is 4.95. The molecule has 0 N–H and O–H groups in total. The number of sulfone groups is 1. The smallest absolute Gasteiger partial charge is 0.223 e. The highest BCUT2D eigenvalue weighted by molar-refractivity contribution is 7.91. The van der Waals surface area contributed by atoms with E-state index in [-0.39, 0.29) is 23.5 Å². The van der Waals surface area contributed by atoms with Crippen molar-refractivity contribution in [2.24, 2.45) is 0 Å². The van der Waals surface area contributed by atoms with Gasteiger partial charge in [0.15, 0.2) is 9.84 Å². The van der Waals surface area contributed by atoms with Gasteiger partial charge in [0.05, 0.1) is 11.5 Å². The number of carbonyl (C=O) groups is 1. The molecule has 1 aromatic carbocycles. The molecule has 1 aromatic heterocycles. The fourth-order valence-corrected chi connectivity index (χ4v) is 4.90. The van der Waals surface area contributed by atoms with Crippen molar-refractivity contribution >= 4 is 15.7 Å². The minimum absolute atomic E-state index is 0.00256. The molecule has 1 saturated heterocycles. The van der Waals surface area contributed by atoms with Gasteiger partial charge in [-0.15, -0.1) is 0 Å². The highest BCUT2D eigenvalue weighted by atomic mass is 32.2. The van der Waals surface area contributed by atoms with Gasteiger partial charge in [-0.3, -0.25) is 9.78 Å². The van der Waals surface area contributed by atoms with Crippen LogP contribution in [0.4, 0.5) is 0 Å². The van der Waals surface area contributed by atoms with E-state index in [1.807, 2.05) is 42.5 Å². The molecule has 1 aliphatic heterocycles. The largest absolute Gasteiger partial charge is 0.334 e. The molecular formula is C19H22N2O3S. The summed E-state index contributed by atoms with van der Waals surface area (Å²) in [5.74, 6) is 0.240. The Balaban J connectivity index is 1.72. The molecule has 2 heterocycles. The maximum absolute atomic E-state index is 12.8. The first-order valence-electron chi connectivity index (χ1n) is 8.46. The number of aryl methyl sites for hydroxylation is 1. The summed E-state index contributed by atoms with van der Waals surface area (Å²) in [6, 6.07) is 13.3. The predicted octanol–water partition coefficient (Wildman–Crippen LogP) is 2.23. The van der Waals surface area contributed by atoms with Crippen LogP contribution in [0.15, 0.2) is 54.9 Å². The second-order valence-electron chi connectivity index (χ2n) is 6.42. The fourth-order valence-electron chi connectivity index (χ4n) is 3.17. The van der Waals surface area contributed by atoms with Crippen LogP contribution in [0.3, 0.4) is 0 Å². The molecule has 2 aromatic rings. The summed E-state index contributed by atoms with van der Waals surface area (Å²) >= 11 is 0. The lowest BCUT2D eigenvalue weighted by molar-refractivity contribution is -0.133. The Bertz CT molecular complexity index is 807. The van der Waals surface area contributed by atoms with Crippen LogP contribution < -0.4 is 0 Å². The van der Waals surface area contributed by atoms with Crippen LogP contribution in [0.2, 0.25) is 0 Å². The lowest BCUT2D eigenvalue weighted by Crippen LogP contribution is -2.40. The molecule has 1 atom stereocenters. The van der Waals surface area contributed by atoms with Crippen molar-refractivity contribution < 1.29 is 13.2 Å². The lowest BCUT2D eigenvalue weighted by atomic mass is 10.1. The minimum Gasteiger partial charge on any atom is -0.334 e. The average Bonchev–Trinajstić information content (AvgIpc) is 2.99. The van der Waals surface area contributed by atoms with Gasteiger partial charge in [0, 0.05) is 31.4 Å². The zero-order valence-electron chi connectivity index (χ0n) is 14.0. The van der Waals surface area contributed by atoms with Gasteiger partial charge in [0.25, 0.3) is 0 Å². The van der Waals surface area contributed by atoms with Gasteiger partial charge < -0.3 is 4.90 Å². The van der Waals surface area contributed by atoms with E-state index >= 15 is 0 Å². The van der Waals surface area contributed by atoms with Crippen molar-refractivity contribution in [2.45, 2.75) is 31.8 Å². The standard InChI is InChI=1S/C19H22N2O3S/c22-19(7-6-16-8-11-20-12-9-16)21(14-17-4-2-1-3-5-17)18-10-13-25(23,24)15-18/h1-5,8-9,11-12,18H,6-7,10,13-15H2. The average molecular weight is 358 g/mol. The number of aromatic nitrogens is 1. The molecule has 1 unspecified atom stereocenters. The molecular weight excluding hydrogens is 336 g/mol. The molecule has 3 rings (SSSR count). The molecule has 132 valence electrons. The number of amides is 1. The topological polar surface area (TPSA) is 67.3 Å². The van der Waals surface area contributed by atoms with Gasteiger partial charge in [-0.1, -0.05) is 30.3 Å². The number of pyridine rings is 1. The molecule has 6 heteroatoms. The van der Waals surface area contributed by atoms with Gasteiger partial charge in [-0.25, -0.2) is 8.42 Å². The number of hydrogen-bond acceptors (Lipinski definition) is 4. The van der Waals surface area contributed by atoms with Crippen LogP contribution in [0.1, 0.15) is 24.0 Å². The monoisotopic (exact) mass is 358 g/mol. The molecule has 0 saturated carbocycles. The van der Waals surface area contributed by atoms with Crippen LogP contribution in [-0.4, -0.2) is 41.8 Å². The van der Waals surface area contributed by atoms with E-state index in [2.05, 4.69) is 4.98 Å². The molecule has 0 radical (unpaired) electrons. The van der Waals surface area contributed by atoms with Crippen molar-refractivity contribution in [1.82, 2.24) is 9.88 Å². The van der Waals surface area contributed by atoms with Crippen molar-refractivity contribution in [2.75, 3.05) is 11.5 Å². The Hall–Kier alpha value is -2.21. The summed E-state index contributed by atoms with van der Waals surface area (Å²) in [7, 11) is -3.04. The number of nitrogens with zero attached hydrogens (tertiary/aromatic N) is 2. The molecule has 1 fully saturated rings. The van der Waals surface area contributed by atoms with Crippen LogP contribution in [0.5, 0.6) is 0 Å². The van der Waals surface area contributed by atoms with Crippen LogP contribution in [-0.2, 0) is 27.6 Å². The number of benzene rings is 1. The van der Waals surface area contributed by atoms with Crippen LogP contribution >= 0.6 is 0 Å². The Morgan fingerprint density at radius 2 is 1.80 bits per heavy atom. The molecule has 0 aliphatic carbocycles. The van der Waals surface area contributed by atoms with Crippen molar-refractivity contribution in [3.63, 3.8) is 0 Å². The summed E-state index contributed by atoms with van der Waals surface area (Å²) in [5, 5.41) is 0. The summed E-state index contributed by atoms with van der Waals surface area (Å²) in [5.41, 5.74) is 2.08. The first-order chi connectivity index (χ1) is 12.0. The highest BCUT2D eigenvalue weighted by Crippen LogP contribution is 2.21. The summed E-state index contributed by atoms with van der Waals surface area (Å²) in [6.45, 7) is 0.455. The molecule has 1 amide bonds. The number of rotatable bonds is 6. The Morgan fingerprint density at radius 1 is 1.08 bits per heavy atom. The second-order valence-corrected chi connectivity index (χ2v) is 8.65. The molecule has 5 nitrogen and oxygen atoms in total. The summed E-state index contributed by atoms with van der Waals surface area (Å²) < 4.78 is 23.7. The van der Waals surface area contributed by atoms with Gasteiger partial charge in [-0.05, 0) is 36.1 Å². The Kier molecular flexibility index (Phi) is 5.48. The zero-order valence-corrected chi connectivity index (χ0v) is 14.9. The normalized spacial score (nSPS) is 18.8. The molecule has 25 heavy (non-hydrogen) atoms. The zero-order chi connectivity index (χ0) is 17.7.